The predicted molar refractivity (Wildman–Crippen MR) is 63.7 cm³/mol. The molecule has 2 aromatic rings. The van der Waals surface area contributed by atoms with Crippen molar-refractivity contribution in [2.24, 2.45) is 0 Å². The molecule has 0 aliphatic heterocycles. The van der Waals surface area contributed by atoms with Crippen LogP contribution in [-0.2, 0) is 6.42 Å². The van der Waals surface area contributed by atoms with Gasteiger partial charge in [0.1, 0.15) is 17.6 Å². The Bertz CT molecular complexity index is 533. The minimum atomic E-state index is -0.583. The Kier molecular flexibility index (Phi) is 2.48. The van der Waals surface area contributed by atoms with Gasteiger partial charge in [-0.2, -0.15) is 0 Å². The fourth-order valence-corrected chi connectivity index (χ4v) is 2.56. The second-order valence-electron chi connectivity index (χ2n) is 4.59. The molecule has 0 aromatic carbocycles. The normalized spacial score (nSPS) is 20.2. The average Bonchev–Trinajstić information content (AvgIpc) is 2.94. The van der Waals surface area contributed by atoms with Crippen LogP contribution in [0.5, 0.6) is 0 Å². The summed E-state index contributed by atoms with van der Waals surface area (Å²) in [7, 11) is 0. The number of aromatic nitrogens is 1. The van der Waals surface area contributed by atoms with Gasteiger partial charge in [-0.05, 0) is 43.5 Å². The molecule has 0 saturated heterocycles. The highest BCUT2D eigenvalue weighted by Crippen LogP contribution is 2.40. The predicted octanol–water partition coefficient (Wildman–Crippen LogP) is 2.75. The van der Waals surface area contributed by atoms with Crippen molar-refractivity contribution >= 4 is 0 Å². The van der Waals surface area contributed by atoms with Gasteiger partial charge in [0, 0.05) is 17.8 Å². The van der Waals surface area contributed by atoms with Crippen LogP contribution in [0.1, 0.15) is 41.2 Å². The molecule has 0 radical (unpaired) electrons. The number of nitrogens with zero attached hydrogens (tertiary/aromatic N) is 1. The van der Waals surface area contributed by atoms with Crippen LogP contribution in [0.15, 0.2) is 34.9 Å². The Morgan fingerprint density at radius 2 is 2.29 bits per heavy atom. The smallest absolute Gasteiger partial charge is 0.133 e. The van der Waals surface area contributed by atoms with E-state index in [2.05, 4.69) is 11.1 Å². The van der Waals surface area contributed by atoms with Gasteiger partial charge in [-0.25, -0.2) is 0 Å². The third-order valence-electron chi connectivity index (χ3n) is 3.44. The van der Waals surface area contributed by atoms with Crippen molar-refractivity contribution in [3.05, 3.63) is 53.2 Å². The van der Waals surface area contributed by atoms with Crippen LogP contribution >= 0.6 is 0 Å². The molecule has 1 aliphatic carbocycles. The molecule has 2 aromatic heterocycles. The van der Waals surface area contributed by atoms with Gasteiger partial charge in [-0.1, -0.05) is 6.07 Å². The molecule has 0 saturated carbocycles. The zero-order chi connectivity index (χ0) is 11.8. The summed E-state index contributed by atoms with van der Waals surface area (Å²) >= 11 is 0. The highest BCUT2D eigenvalue weighted by atomic mass is 16.4. The topological polar surface area (TPSA) is 46.3 Å². The van der Waals surface area contributed by atoms with Gasteiger partial charge in [0.25, 0.3) is 0 Å². The average molecular weight is 229 g/mol. The van der Waals surface area contributed by atoms with Crippen LogP contribution in [0.3, 0.4) is 0 Å². The van der Waals surface area contributed by atoms with Crippen LogP contribution < -0.4 is 0 Å². The number of fused-ring (bicyclic) bond motifs is 1. The third-order valence-corrected chi connectivity index (χ3v) is 3.44. The summed E-state index contributed by atoms with van der Waals surface area (Å²) in [5, 5.41) is 10.3. The van der Waals surface area contributed by atoms with E-state index in [-0.39, 0.29) is 5.92 Å². The Labute approximate surface area is 100 Å². The Morgan fingerprint density at radius 3 is 3.06 bits per heavy atom. The van der Waals surface area contributed by atoms with Gasteiger partial charge < -0.3 is 9.52 Å². The molecular weight excluding hydrogens is 214 g/mol. The van der Waals surface area contributed by atoms with Crippen LogP contribution in [0.2, 0.25) is 0 Å². The zero-order valence-corrected chi connectivity index (χ0v) is 9.76. The van der Waals surface area contributed by atoms with Gasteiger partial charge >= 0.3 is 0 Å². The van der Waals surface area contributed by atoms with Gasteiger partial charge in [-0.3, -0.25) is 4.98 Å². The summed E-state index contributed by atoms with van der Waals surface area (Å²) in [5.41, 5.74) is 2.27. The largest absolute Gasteiger partial charge is 0.464 e. The van der Waals surface area contributed by atoms with E-state index < -0.39 is 6.10 Å². The quantitative estimate of drug-likeness (QED) is 0.861. The van der Waals surface area contributed by atoms with E-state index in [1.54, 1.807) is 6.20 Å². The summed E-state index contributed by atoms with van der Waals surface area (Å²) in [6.45, 7) is 1.89. The molecule has 2 atom stereocenters. The second-order valence-corrected chi connectivity index (χ2v) is 4.59. The summed E-state index contributed by atoms with van der Waals surface area (Å²) in [6, 6.07) is 7.76. The number of aryl methyl sites for hydroxylation is 2. The SMILES string of the molecule is Cc1ccc(C(O)C2CCc3cccnc32)o1. The lowest BCUT2D eigenvalue weighted by atomic mass is 9.98. The summed E-state index contributed by atoms with van der Waals surface area (Å²) in [5.74, 6) is 1.54. The van der Waals surface area contributed by atoms with E-state index in [9.17, 15) is 5.11 Å². The van der Waals surface area contributed by atoms with Crippen LogP contribution in [0.25, 0.3) is 0 Å². The molecule has 2 heterocycles. The molecule has 3 nitrogen and oxygen atoms in total. The number of aliphatic hydroxyl groups excluding tert-OH is 1. The summed E-state index contributed by atoms with van der Waals surface area (Å²) in [4.78, 5) is 4.39. The number of aliphatic hydroxyl groups is 1. The maximum Gasteiger partial charge on any atom is 0.133 e. The Hall–Kier alpha value is -1.61. The molecule has 3 heteroatoms. The lowest BCUT2D eigenvalue weighted by Gasteiger charge is -2.16. The molecule has 0 spiro atoms. The van der Waals surface area contributed by atoms with E-state index >= 15 is 0 Å². The first kappa shape index (κ1) is 10.5. The molecule has 88 valence electrons. The molecule has 17 heavy (non-hydrogen) atoms. The molecule has 1 aliphatic rings. The van der Waals surface area contributed by atoms with E-state index in [4.69, 9.17) is 4.42 Å². The molecule has 1 N–H and O–H groups in total. The van der Waals surface area contributed by atoms with E-state index in [0.717, 1.165) is 24.3 Å². The van der Waals surface area contributed by atoms with Crippen molar-refractivity contribution in [2.75, 3.05) is 0 Å². The Morgan fingerprint density at radius 1 is 1.41 bits per heavy atom. The van der Waals surface area contributed by atoms with Gasteiger partial charge in [0.05, 0.1) is 0 Å². The van der Waals surface area contributed by atoms with Gasteiger partial charge in [-0.15, -0.1) is 0 Å². The van der Waals surface area contributed by atoms with E-state index in [0.29, 0.717) is 5.76 Å². The molecule has 0 fully saturated rings. The minimum absolute atomic E-state index is 0.0664. The lowest BCUT2D eigenvalue weighted by Crippen LogP contribution is -2.08. The van der Waals surface area contributed by atoms with E-state index in [1.165, 1.54) is 5.56 Å². The van der Waals surface area contributed by atoms with Crippen molar-refractivity contribution in [2.45, 2.75) is 31.8 Å². The maximum absolute atomic E-state index is 10.3. The Balaban J connectivity index is 1.92. The number of furan rings is 1. The van der Waals surface area contributed by atoms with Crippen LogP contribution in [-0.4, -0.2) is 10.1 Å². The van der Waals surface area contributed by atoms with Crippen molar-refractivity contribution < 1.29 is 9.52 Å². The number of hydrogen-bond acceptors (Lipinski definition) is 3. The molecule has 2 unspecified atom stereocenters. The first-order valence-corrected chi connectivity index (χ1v) is 5.94. The number of pyridine rings is 1. The third kappa shape index (κ3) is 1.76. The van der Waals surface area contributed by atoms with Crippen LogP contribution in [0.4, 0.5) is 0 Å². The van der Waals surface area contributed by atoms with E-state index in [1.807, 2.05) is 25.1 Å². The minimum Gasteiger partial charge on any atom is -0.464 e. The fraction of sp³-hybridized carbons (Fsp3) is 0.357. The fourth-order valence-electron chi connectivity index (χ4n) is 2.56. The highest BCUT2D eigenvalue weighted by molar-refractivity contribution is 5.30. The zero-order valence-electron chi connectivity index (χ0n) is 9.76. The maximum atomic E-state index is 10.3. The van der Waals surface area contributed by atoms with Crippen molar-refractivity contribution in [3.63, 3.8) is 0 Å². The number of rotatable bonds is 2. The summed E-state index contributed by atoms with van der Waals surface area (Å²) in [6.07, 6.45) is 3.13. The highest BCUT2D eigenvalue weighted by Gasteiger charge is 2.32. The van der Waals surface area contributed by atoms with Crippen molar-refractivity contribution in [3.8, 4) is 0 Å². The standard InChI is InChI=1S/C14H15NO2/c1-9-4-7-12(17-9)14(16)11-6-5-10-3-2-8-15-13(10)11/h2-4,7-8,11,14,16H,5-6H2,1H3. The monoisotopic (exact) mass is 229 g/mol. The first-order chi connectivity index (χ1) is 8.25. The second kappa shape index (κ2) is 4.00. The molecule has 3 rings (SSSR count). The van der Waals surface area contributed by atoms with Crippen molar-refractivity contribution in [1.29, 1.82) is 0 Å². The van der Waals surface area contributed by atoms with Crippen LogP contribution in [0, 0.1) is 6.92 Å². The molecule has 0 bridgehead atoms. The van der Waals surface area contributed by atoms with Gasteiger partial charge in [0.15, 0.2) is 0 Å². The molecule has 0 amide bonds. The number of hydrogen-bond donors (Lipinski definition) is 1. The lowest BCUT2D eigenvalue weighted by molar-refractivity contribution is 0.117. The molecular formula is C14H15NO2. The van der Waals surface area contributed by atoms with Gasteiger partial charge in [0.2, 0.25) is 0 Å². The first-order valence-electron chi connectivity index (χ1n) is 5.94. The van der Waals surface area contributed by atoms with Crippen molar-refractivity contribution in [1.82, 2.24) is 4.98 Å². The summed E-state index contributed by atoms with van der Waals surface area (Å²) < 4.78 is 5.49.